The Hall–Kier alpha value is -1.40. The quantitative estimate of drug-likeness (QED) is 0.292. The van der Waals surface area contributed by atoms with E-state index in [-0.39, 0.29) is 12.3 Å². The molecular formula is C10H19N4O2. The van der Waals surface area contributed by atoms with Gasteiger partial charge in [-0.25, -0.2) is 5.43 Å². The van der Waals surface area contributed by atoms with E-state index in [0.717, 1.165) is 0 Å². The number of nitrogens with one attached hydrogen (secondary N) is 2. The first kappa shape index (κ1) is 14.6. The minimum Gasteiger partial charge on any atom is -0.355 e. The Bertz CT molecular complexity index is 213. The molecule has 0 saturated carbocycles. The molecule has 6 nitrogen and oxygen atoms in total. The first-order chi connectivity index (χ1) is 7.74. The fraction of sp³-hybridized carbons (Fsp3) is 0.600. The highest BCUT2D eigenvalue weighted by molar-refractivity contribution is 5.76. The van der Waals surface area contributed by atoms with E-state index in [2.05, 4.69) is 22.7 Å². The zero-order valence-corrected chi connectivity index (χ0v) is 9.61. The van der Waals surface area contributed by atoms with Crippen LogP contribution in [-0.2, 0) is 9.59 Å². The third-order valence-electron chi connectivity index (χ3n) is 1.80. The number of nitrogens with zero attached hydrogens (tertiary/aromatic N) is 2. The van der Waals surface area contributed by atoms with E-state index in [9.17, 15) is 9.59 Å². The molecule has 0 unspecified atom stereocenters. The molecule has 0 aliphatic rings. The predicted molar refractivity (Wildman–Crippen MR) is 61.3 cm³/mol. The van der Waals surface area contributed by atoms with Gasteiger partial charge in [0.2, 0.25) is 12.3 Å². The molecule has 0 aliphatic carbocycles. The van der Waals surface area contributed by atoms with Crippen molar-refractivity contribution in [3.63, 3.8) is 0 Å². The normalized spacial score (nSPS) is 9.56. The van der Waals surface area contributed by atoms with E-state index in [1.54, 1.807) is 0 Å². The summed E-state index contributed by atoms with van der Waals surface area (Å²) < 4.78 is 0. The summed E-state index contributed by atoms with van der Waals surface area (Å²) in [5.41, 5.74) is 6.71. The number of amides is 2. The van der Waals surface area contributed by atoms with Gasteiger partial charge in [0.05, 0.1) is 0 Å². The Labute approximate surface area is 96.0 Å². The van der Waals surface area contributed by atoms with Gasteiger partial charge < -0.3 is 10.2 Å². The van der Waals surface area contributed by atoms with Gasteiger partial charge in [-0.05, 0) is 13.1 Å². The summed E-state index contributed by atoms with van der Waals surface area (Å²) >= 11 is 0. The maximum atomic E-state index is 11.3. The average molecular weight is 227 g/mol. The van der Waals surface area contributed by atoms with Gasteiger partial charge in [0.25, 0.3) is 0 Å². The van der Waals surface area contributed by atoms with Crippen LogP contribution in [0.2, 0.25) is 0 Å². The van der Waals surface area contributed by atoms with Crippen molar-refractivity contribution in [3.05, 3.63) is 12.8 Å². The van der Waals surface area contributed by atoms with Crippen LogP contribution in [0.4, 0.5) is 0 Å². The van der Waals surface area contributed by atoms with Crippen molar-refractivity contribution in [2.24, 2.45) is 0 Å². The van der Waals surface area contributed by atoms with E-state index in [4.69, 9.17) is 0 Å². The summed E-state index contributed by atoms with van der Waals surface area (Å²) in [6.45, 7) is 7.57. The fourth-order valence-electron chi connectivity index (χ4n) is 0.955. The molecule has 6 heteroatoms. The van der Waals surface area contributed by atoms with Crippen molar-refractivity contribution in [2.75, 3.05) is 26.2 Å². The lowest BCUT2D eigenvalue weighted by atomic mass is 10.4. The second-order valence-electron chi connectivity index (χ2n) is 3.01. The smallest absolute Gasteiger partial charge is 0.221 e. The molecular weight excluding hydrogens is 208 g/mol. The van der Waals surface area contributed by atoms with E-state index in [1.807, 2.05) is 6.92 Å². The minimum atomic E-state index is -0.0907. The lowest BCUT2D eigenvalue weighted by Crippen LogP contribution is -2.36. The van der Waals surface area contributed by atoms with Crippen LogP contribution in [0.15, 0.2) is 12.8 Å². The average Bonchev–Trinajstić information content (AvgIpc) is 2.30. The Balaban J connectivity index is 3.44. The molecule has 0 fully saturated rings. The standard InChI is InChI=1S/C10H19N4O2/c1-3-12-13-7-6-11-10(16)5-8-14(4-2)9-15/h4,9,13H,2-3,5-8H2,1H3,(H,11,16). The summed E-state index contributed by atoms with van der Waals surface area (Å²) in [6.07, 6.45) is 2.31. The Morgan fingerprint density at radius 3 is 2.81 bits per heavy atom. The predicted octanol–water partition coefficient (Wildman–Crippen LogP) is -0.776. The van der Waals surface area contributed by atoms with Gasteiger partial charge in [-0.1, -0.05) is 6.58 Å². The molecule has 0 aliphatic heterocycles. The highest BCUT2D eigenvalue weighted by Gasteiger charge is 2.02. The van der Waals surface area contributed by atoms with E-state index < -0.39 is 0 Å². The number of carbonyl (C=O) groups excluding carboxylic acids is 2. The third-order valence-corrected chi connectivity index (χ3v) is 1.80. The van der Waals surface area contributed by atoms with Crippen molar-refractivity contribution in [3.8, 4) is 0 Å². The van der Waals surface area contributed by atoms with Gasteiger partial charge in [-0.3, -0.25) is 9.59 Å². The van der Waals surface area contributed by atoms with Gasteiger partial charge in [0, 0.05) is 32.6 Å². The van der Waals surface area contributed by atoms with Crippen LogP contribution in [-0.4, -0.2) is 43.4 Å². The fourth-order valence-corrected chi connectivity index (χ4v) is 0.955. The number of hydrogen-bond acceptors (Lipinski definition) is 3. The highest BCUT2D eigenvalue weighted by atomic mass is 16.2. The molecule has 0 bridgehead atoms. The first-order valence-corrected chi connectivity index (χ1v) is 5.24. The second-order valence-corrected chi connectivity index (χ2v) is 3.01. The Morgan fingerprint density at radius 1 is 1.50 bits per heavy atom. The largest absolute Gasteiger partial charge is 0.355 e. The van der Waals surface area contributed by atoms with Crippen molar-refractivity contribution in [2.45, 2.75) is 13.3 Å². The topological polar surface area (TPSA) is 75.5 Å². The molecule has 2 amide bonds. The SMILES string of the molecule is C=CN(C=O)CCC(=O)NCCN[N]CC. The zero-order valence-electron chi connectivity index (χ0n) is 9.61. The van der Waals surface area contributed by atoms with Crippen LogP contribution in [0, 0.1) is 0 Å². The zero-order chi connectivity index (χ0) is 12.2. The summed E-state index contributed by atoms with van der Waals surface area (Å²) in [5.74, 6) is -0.0907. The number of carbonyl (C=O) groups is 2. The van der Waals surface area contributed by atoms with Gasteiger partial charge >= 0.3 is 0 Å². The molecule has 91 valence electrons. The highest BCUT2D eigenvalue weighted by Crippen LogP contribution is 1.87. The van der Waals surface area contributed by atoms with E-state index >= 15 is 0 Å². The van der Waals surface area contributed by atoms with Gasteiger partial charge in [-0.2, -0.15) is 5.43 Å². The van der Waals surface area contributed by atoms with Crippen LogP contribution in [0.1, 0.15) is 13.3 Å². The first-order valence-electron chi connectivity index (χ1n) is 5.24. The number of hydrogen-bond donors (Lipinski definition) is 2. The molecule has 0 heterocycles. The lowest BCUT2D eigenvalue weighted by Gasteiger charge is -2.11. The molecule has 0 atom stereocenters. The minimum absolute atomic E-state index is 0.0907. The summed E-state index contributed by atoms with van der Waals surface area (Å²) in [5, 5.41) is 2.71. The summed E-state index contributed by atoms with van der Waals surface area (Å²) in [4.78, 5) is 23.0. The van der Waals surface area contributed by atoms with Crippen molar-refractivity contribution in [1.82, 2.24) is 21.1 Å². The van der Waals surface area contributed by atoms with E-state index in [0.29, 0.717) is 32.6 Å². The maximum Gasteiger partial charge on any atom is 0.221 e. The molecule has 0 aromatic heterocycles. The van der Waals surface area contributed by atoms with Crippen LogP contribution in [0.25, 0.3) is 0 Å². The second kappa shape index (κ2) is 10.1. The van der Waals surface area contributed by atoms with Crippen LogP contribution in [0.5, 0.6) is 0 Å². The van der Waals surface area contributed by atoms with E-state index in [1.165, 1.54) is 11.1 Å². The Morgan fingerprint density at radius 2 is 2.25 bits per heavy atom. The van der Waals surface area contributed by atoms with Gasteiger partial charge in [-0.15, -0.1) is 0 Å². The Kier molecular flexibility index (Phi) is 9.24. The van der Waals surface area contributed by atoms with Gasteiger partial charge in [0.15, 0.2) is 0 Å². The molecule has 0 saturated heterocycles. The summed E-state index contributed by atoms with van der Waals surface area (Å²) in [7, 11) is 0. The summed E-state index contributed by atoms with van der Waals surface area (Å²) in [6, 6.07) is 0. The number of rotatable bonds is 10. The molecule has 0 aromatic carbocycles. The van der Waals surface area contributed by atoms with Crippen molar-refractivity contribution >= 4 is 12.3 Å². The third kappa shape index (κ3) is 7.95. The molecule has 16 heavy (non-hydrogen) atoms. The molecule has 1 radical (unpaired) electrons. The van der Waals surface area contributed by atoms with Crippen LogP contribution < -0.4 is 16.2 Å². The lowest BCUT2D eigenvalue weighted by molar-refractivity contribution is -0.122. The van der Waals surface area contributed by atoms with Crippen molar-refractivity contribution < 1.29 is 9.59 Å². The molecule has 0 aromatic rings. The van der Waals surface area contributed by atoms with Crippen LogP contribution in [0.3, 0.4) is 0 Å². The monoisotopic (exact) mass is 227 g/mol. The molecule has 0 rings (SSSR count). The van der Waals surface area contributed by atoms with Crippen molar-refractivity contribution in [1.29, 1.82) is 0 Å². The maximum absolute atomic E-state index is 11.3. The van der Waals surface area contributed by atoms with Crippen LogP contribution >= 0.6 is 0 Å². The molecule has 2 N–H and O–H groups in total. The molecule has 0 spiro atoms. The van der Waals surface area contributed by atoms with Gasteiger partial charge in [0.1, 0.15) is 0 Å².